The molecule has 1 fully saturated rings. The molecule has 0 bridgehead atoms. The van der Waals surface area contributed by atoms with Crippen LogP contribution in [0.15, 0.2) is 0 Å². The summed E-state index contributed by atoms with van der Waals surface area (Å²) in [4.78, 5) is 13.6. The van der Waals surface area contributed by atoms with Crippen LogP contribution < -0.4 is 5.73 Å². The summed E-state index contributed by atoms with van der Waals surface area (Å²) in [6, 6.07) is 0. The van der Waals surface area contributed by atoms with Gasteiger partial charge in [0.2, 0.25) is 5.91 Å². The van der Waals surface area contributed by atoms with Crippen LogP contribution in [-0.2, 0) is 9.53 Å². The van der Waals surface area contributed by atoms with E-state index < -0.39 is 0 Å². The van der Waals surface area contributed by atoms with Crippen molar-refractivity contribution in [2.45, 2.75) is 57.9 Å². The van der Waals surface area contributed by atoms with E-state index in [0.717, 1.165) is 25.9 Å². The van der Waals surface area contributed by atoms with Crippen LogP contribution in [0.2, 0.25) is 0 Å². The molecule has 18 heavy (non-hydrogen) atoms. The number of hydrogen-bond acceptors (Lipinski definition) is 3. The molecule has 4 heteroatoms. The van der Waals surface area contributed by atoms with E-state index in [1.165, 1.54) is 25.7 Å². The van der Waals surface area contributed by atoms with Gasteiger partial charge in [-0.05, 0) is 26.7 Å². The summed E-state index contributed by atoms with van der Waals surface area (Å²) in [6.07, 6.45) is 6.96. The molecular formula is C14H28N2O2. The number of nitrogens with two attached hydrogens (primary N) is 1. The SMILES string of the molecule is CCN(CC)C(=O)COCC1(N)CCCCCC1. The van der Waals surface area contributed by atoms with Gasteiger partial charge in [-0.15, -0.1) is 0 Å². The predicted octanol–water partition coefficient (Wildman–Crippen LogP) is 1.92. The van der Waals surface area contributed by atoms with Crippen LogP contribution in [0.1, 0.15) is 52.4 Å². The average molecular weight is 256 g/mol. The number of carbonyl (C=O) groups is 1. The molecule has 106 valence electrons. The molecule has 0 spiro atoms. The van der Waals surface area contributed by atoms with Gasteiger partial charge in [0, 0.05) is 18.6 Å². The first kappa shape index (κ1) is 15.4. The number of amides is 1. The van der Waals surface area contributed by atoms with Crippen molar-refractivity contribution in [3.8, 4) is 0 Å². The fraction of sp³-hybridized carbons (Fsp3) is 0.929. The van der Waals surface area contributed by atoms with Crippen LogP contribution in [-0.4, -0.2) is 42.6 Å². The van der Waals surface area contributed by atoms with Crippen molar-refractivity contribution >= 4 is 5.91 Å². The fourth-order valence-corrected chi connectivity index (χ4v) is 2.59. The van der Waals surface area contributed by atoms with Crippen molar-refractivity contribution in [2.24, 2.45) is 5.73 Å². The number of hydrogen-bond donors (Lipinski definition) is 1. The summed E-state index contributed by atoms with van der Waals surface area (Å²) < 4.78 is 5.56. The monoisotopic (exact) mass is 256 g/mol. The molecule has 1 saturated carbocycles. The Hall–Kier alpha value is -0.610. The molecule has 2 N–H and O–H groups in total. The first-order valence-corrected chi connectivity index (χ1v) is 7.25. The van der Waals surface area contributed by atoms with E-state index in [1.54, 1.807) is 4.90 Å². The van der Waals surface area contributed by atoms with Crippen LogP contribution in [0.25, 0.3) is 0 Å². The lowest BCUT2D eigenvalue weighted by molar-refractivity contribution is -0.136. The second-order valence-electron chi connectivity index (χ2n) is 5.34. The molecule has 4 nitrogen and oxygen atoms in total. The quantitative estimate of drug-likeness (QED) is 0.739. The Morgan fingerprint density at radius 3 is 2.22 bits per heavy atom. The topological polar surface area (TPSA) is 55.6 Å². The van der Waals surface area contributed by atoms with Gasteiger partial charge in [-0.3, -0.25) is 4.79 Å². The molecule has 0 unspecified atom stereocenters. The van der Waals surface area contributed by atoms with Crippen molar-refractivity contribution in [3.05, 3.63) is 0 Å². The Bertz CT molecular complexity index is 244. The smallest absolute Gasteiger partial charge is 0.248 e. The highest BCUT2D eigenvalue weighted by Crippen LogP contribution is 2.25. The molecule has 1 aliphatic rings. The lowest BCUT2D eigenvalue weighted by atomic mass is 9.93. The molecule has 0 aromatic heterocycles. The highest BCUT2D eigenvalue weighted by Gasteiger charge is 2.26. The summed E-state index contributed by atoms with van der Waals surface area (Å²) >= 11 is 0. The molecule has 0 heterocycles. The van der Waals surface area contributed by atoms with Crippen molar-refractivity contribution in [1.29, 1.82) is 0 Å². The minimum absolute atomic E-state index is 0.0669. The Morgan fingerprint density at radius 1 is 1.17 bits per heavy atom. The highest BCUT2D eigenvalue weighted by molar-refractivity contribution is 5.77. The number of likely N-dealkylation sites (N-methyl/N-ethyl adjacent to an activating group) is 1. The molecular weight excluding hydrogens is 228 g/mol. The summed E-state index contributed by atoms with van der Waals surface area (Å²) in [5.74, 6) is 0.0669. The second-order valence-corrected chi connectivity index (χ2v) is 5.34. The largest absolute Gasteiger partial charge is 0.370 e. The first-order chi connectivity index (χ1) is 8.61. The molecule has 0 aromatic carbocycles. The molecule has 0 saturated heterocycles. The van der Waals surface area contributed by atoms with Gasteiger partial charge < -0.3 is 15.4 Å². The van der Waals surface area contributed by atoms with E-state index >= 15 is 0 Å². The summed E-state index contributed by atoms with van der Waals surface area (Å²) in [6.45, 7) is 6.13. The van der Waals surface area contributed by atoms with E-state index in [1.807, 2.05) is 13.8 Å². The Morgan fingerprint density at radius 2 is 1.72 bits per heavy atom. The van der Waals surface area contributed by atoms with Gasteiger partial charge >= 0.3 is 0 Å². The number of carbonyl (C=O) groups excluding carboxylic acids is 1. The molecule has 1 rings (SSSR count). The maximum Gasteiger partial charge on any atom is 0.248 e. The summed E-state index contributed by atoms with van der Waals surface area (Å²) in [5.41, 5.74) is 6.13. The van der Waals surface area contributed by atoms with Gasteiger partial charge in [0.1, 0.15) is 6.61 Å². The van der Waals surface area contributed by atoms with E-state index in [4.69, 9.17) is 10.5 Å². The standard InChI is InChI=1S/C14H28N2O2/c1-3-16(4-2)13(17)11-18-12-14(15)9-7-5-6-8-10-14/h3-12,15H2,1-2H3. The lowest BCUT2D eigenvalue weighted by Crippen LogP contribution is -2.45. The number of nitrogens with zero attached hydrogens (tertiary/aromatic N) is 1. The van der Waals surface area contributed by atoms with Gasteiger partial charge in [0.05, 0.1) is 6.61 Å². The zero-order valence-corrected chi connectivity index (χ0v) is 11.9. The third kappa shape index (κ3) is 4.94. The zero-order chi connectivity index (χ0) is 13.4. The van der Waals surface area contributed by atoms with Crippen LogP contribution in [0.4, 0.5) is 0 Å². The van der Waals surface area contributed by atoms with E-state index in [0.29, 0.717) is 6.61 Å². The number of rotatable bonds is 6. The normalized spacial score (nSPS) is 19.3. The highest BCUT2D eigenvalue weighted by atomic mass is 16.5. The van der Waals surface area contributed by atoms with E-state index in [9.17, 15) is 4.79 Å². The first-order valence-electron chi connectivity index (χ1n) is 7.25. The maximum atomic E-state index is 11.8. The molecule has 1 amide bonds. The van der Waals surface area contributed by atoms with Crippen molar-refractivity contribution in [1.82, 2.24) is 4.90 Å². The molecule has 0 atom stereocenters. The minimum atomic E-state index is -0.208. The van der Waals surface area contributed by atoms with E-state index in [2.05, 4.69) is 0 Å². The van der Waals surface area contributed by atoms with Crippen LogP contribution in [0.5, 0.6) is 0 Å². The van der Waals surface area contributed by atoms with Crippen LogP contribution >= 0.6 is 0 Å². The summed E-state index contributed by atoms with van der Waals surface area (Å²) in [7, 11) is 0. The third-order valence-electron chi connectivity index (χ3n) is 3.83. The van der Waals surface area contributed by atoms with Gasteiger partial charge in [-0.2, -0.15) is 0 Å². The fourth-order valence-electron chi connectivity index (χ4n) is 2.59. The van der Waals surface area contributed by atoms with Crippen molar-refractivity contribution in [3.63, 3.8) is 0 Å². The zero-order valence-electron chi connectivity index (χ0n) is 11.9. The third-order valence-corrected chi connectivity index (χ3v) is 3.83. The Kier molecular flexibility index (Phi) is 6.65. The number of ether oxygens (including phenoxy) is 1. The van der Waals surface area contributed by atoms with Gasteiger partial charge in [0.15, 0.2) is 0 Å². The van der Waals surface area contributed by atoms with Crippen molar-refractivity contribution in [2.75, 3.05) is 26.3 Å². The Balaban J connectivity index is 2.29. The Labute approximate surface area is 111 Å². The summed E-state index contributed by atoms with van der Waals surface area (Å²) in [5, 5.41) is 0. The average Bonchev–Trinajstić information content (AvgIpc) is 2.56. The van der Waals surface area contributed by atoms with Gasteiger partial charge in [-0.1, -0.05) is 25.7 Å². The predicted molar refractivity (Wildman–Crippen MR) is 73.4 cm³/mol. The molecule has 0 aliphatic heterocycles. The van der Waals surface area contributed by atoms with Crippen LogP contribution in [0, 0.1) is 0 Å². The maximum absolute atomic E-state index is 11.8. The lowest BCUT2D eigenvalue weighted by Gasteiger charge is -2.28. The van der Waals surface area contributed by atoms with Crippen molar-refractivity contribution < 1.29 is 9.53 Å². The van der Waals surface area contributed by atoms with E-state index in [-0.39, 0.29) is 18.1 Å². The van der Waals surface area contributed by atoms with Crippen LogP contribution in [0.3, 0.4) is 0 Å². The molecule has 0 radical (unpaired) electrons. The van der Waals surface area contributed by atoms with Gasteiger partial charge in [0.25, 0.3) is 0 Å². The van der Waals surface area contributed by atoms with Gasteiger partial charge in [-0.25, -0.2) is 0 Å². The molecule has 1 aliphatic carbocycles. The minimum Gasteiger partial charge on any atom is -0.370 e. The molecule has 0 aromatic rings. The second kappa shape index (κ2) is 7.74.